The van der Waals surface area contributed by atoms with Crippen LogP contribution in [0.4, 0.5) is 0 Å². The summed E-state index contributed by atoms with van der Waals surface area (Å²) in [5, 5.41) is 2.75. The van der Waals surface area contributed by atoms with Gasteiger partial charge in [0.1, 0.15) is 6.29 Å². The second kappa shape index (κ2) is 21.7. The van der Waals surface area contributed by atoms with Crippen molar-refractivity contribution in [3.8, 4) is 0 Å². The average Bonchev–Trinajstić information content (AvgIpc) is 2.41. The topological polar surface area (TPSA) is 29.1 Å². The van der Waals surface area contributed by atoms with Crippen LogP contribution >= 0.6 is 27.5 Å². The minimum atomic E-state index is 0. The van der Waals surface area contributed by atoms with E-state index in [1.165, 1.54) is 25.7 Å². The van der Waals surface area contributed by atoms with Crippen LogP contribution < -0.4 is 5.32 Å². The van der Waals surface area contributed by atoms with Crippen LogP contribution in [-0.4, -0.2) is 49.3 Å². The molecule has 1 N–H and O–H groups in total. The number of benzene rings is 1. The molecular weight excluding hydrogens is 350 g/mol. The minimum absolute atomic E-state index is 0. The molecular formula is C15H27BrClMgNO. The van der Waals surface area contributed by atoms with Crippen molar-refractivity contribution < 1.29 is 4.79 Å². The van der Waals surface area contributed by atoms with Crippen molar-refractivity contribution in [3.05, 3.63) is 34.3 Å². The number of carbonyl (C=O) groups is 1. The highest BCUT2D eigenvalue weighted by Crippen LogP contribution is 2.09. The van der Waals surface area contributed by atoms with Gasteiger partial charge in [0.2, 0.25) is 0 Å². The van der Waals surface area contributed by atoms with Gasteiger partial charge in [0, 0.05) is 15.9 Å². The molecule has 2 nitrogen and oxygen atoms in total. The van der Waals surface area contributed by atoms with E-state index >= 15 is 0 Å². The fraction of sp³-hybridized carbons (Fsp3) is 0.533. The van der Waals surface area contributed by atoms with Gasteiger partial charge in [-0.2, -0.15) is 0 Å². The molecule has 1 aromatic carbocycles. The molecule has 114 valence electrons. The SMILES string of the molecule is CCCCCCCl.CNC.O=Cc1cccc(Br)c1.[MgH2]. The summed E-state index contributed by atoms with van der Waals surface area (Å²) >= 11 is 8.68. The van der Waals surface area contributed by atoms with Crippen LogP contribution in [0.2, 0.25) is 0 Å². The first-order chi connectivity index (χ1) is 9.15. The Morgan fingerprint density at radius 3 is 2.20 bits per heavy atom. The van der Waals surface area contributed by atoms with Crippen LogP contribution in [-0.2, 0) is 0 Å². The second-order valence-electron chi connectivity index (χ2n) is 3.92. The zero-order chi connectivity index (χ0) is 14.9. The van der Waals surface area contributed by atoms with Gasteiger partial charge in [0.25, 0.3) is 0 Å². The molecule has 0 aliphatic heterocycles. The first-order valence-corrected chi connectivity index (χ1v) is 7.84. The van der Waals surface area contributed by atoms with Gasteiger partial charge >= 0.3 is 23.1 Å². The first kappa shape index (κ1) is 25.3. The van der Waals surface area contributed by atoms with Crippen LogP contribution in [0.3, 0.4) is 0 Å². The fourth-order valence-corrected chi connectivity index (χ4v) is 1.71. The highest BCUT2D eigenvalue weighted by molar-refractivity contribution is 9.10. The van der Waals surface area contributed by atoms with Crippen molar-refractivity contribution in [2.75, 3.05) is 20.0 Å². The van der Waals surface area contributed by atoms with Gasteiger partial charge in [-0.15, -0.1) is 11.6 Å². The summed E-state index contributed by atoms with van der Waals surface area (Å²) in [5.74, 6) is 0.833. The summed E-state index contributed by atoms with van der Waals surface area (Å²) in [4.78, 5) is 10.1. The van der Waals surface area contributed by atoms with Crippen LogP contribution in [0.15, 0.2) is 28.7 Å². The quantitative estimate of drug-likeness (QED) is 0.364. The van der Waals surface area contributed by atoms with Gasteiger partial charge in [-0.25, -0.2) is 0 Å². The molecule has 5 heteroatoms. The van der Waals surface area contributed by atoms with E-state index in [0.717, 1.165) is 16.6 Å². The van der Waals surface area contributed by atoms with Gasteiger partial charge < -0.3 is 5.32 Å². The fourth-order valence-electron chi connectivity index (χ4n) is 1.10. The lowest BCUT2D eigenvalue weighted by atomic mass is 10.2. The number of halogens is 2. The largest absolute Gasteiger partial charge is 0.323 e. The van der Waals surface area contributed by atoms with Crippen LogP contribution in [0.25, 0.3) is 0 Å². The van der Waals surface area contributed by atoms with Crippen molar-refractivity contribution in [1.82, 2.24) is 5.32 Å². The minimum Gasteiger partial charge on any atom is -0.323 e. The number of alkyl halides is 1. The Hall–Kier alpha value is 0.386. The molecule has 0 aliphatic rings. The normalized spacial score (nSPS) is 8.25. The molecule has 0 heterocycles. The van der Waals surface area contributed by atoms with Crippen molar-refractivity contribution >= 4 is 56.9 Å². The van der Waals surface area contributed by atoms with E-state index in [-0.39, 0.29) is 23.1 Å². The zero-order valence-corrected chi connectivity index (χ0v) is 14.4. The number of aldehydes is 1. The number of rotatable bonds is 5. The van der Waals surface area contributed by atoms with E-state index in [2.05, 4.69) is 28.2 Å². The van der Waals surface area contributed by atoms with Crippen molar-refractivity contribution in [2.24, 2.45) is 0 Å². The maximum absolute atomic E-state index is 10.1. The summed E-state index contributed by atoms with van der Waals surface area (Å²) < 4.78 is 0.937. The summed E-state index contributed by atoms with van der Waals surface area (Å²) in [7, 11) is 3.75. The summed E-state index contributed by atoms with van der Waals surface area (Å²) in [6.07, 6.45) is 5.96. The molecule has 1 aromatic rings. The summed E-state index contributed by atoms with van der Waals surface area (Å²) in [6, 6.07) is 7.24. The third-order valence-electron chi connectivity index (χ3n) is 1.97. The molecule has 1 rings (SSSR count). The Balaban J connectivity index is -0.000000238. The van der Waals surface area contributed by atoms with Gasteiger partial charge in [0.05, 0.1) is 0 Å². The molecule has 0 unspecified atom stereocenters. The van der Waals surface area contributed by atoms with Crippen LogP contribution in [0.5, 0.6) is 0 Å². The highest BCUT2D eigenvalue weighted by atomic mass is 79.9. The number of hydrogen-bond acceptors (Lipinski definition) is 2. The lowest BCUT2D eigenvalue weighted by Crippen LogP contribution is -1.89. The number of hydrogen-bond donors (Lipinski definition) is 1. The van der Waals surface area contributed by atoms with Crippen molar-refractivity contribution in [3.63, 3.8) is 0 Å². The highest BCUT2D eigenvalue weighted by Gasteiger charge is 1.87. The molecule has 0 atom stereocenters. The van der Waals surface area contributed by atoms with E-state index < -0.39 is 0 Å². The molecule has 0 spiro atoms. The predicted molar refractivity (Wildman–Crippen MR) is 97.9 cm³/mol. The molecule has 0 amide bonds. The Morgan fingerprint density at radius 1 is 1.25 bits per heavy atom. The Bertz CT molecular complexity index is 310. The van der Waals surface area contributed by atoms with Crippen molar-refractivity contribution in [1.29, 1.82) is 0 Å². The van der Waals surface area contributed by atoms with Gasteiger partial charge in [0.15, 0.2) is 0 Å². The van der Waals surface area contributed by atoms with Gasteiger partial charge in [-0.05, 0) is 32.6 Å². The Morgan fingerprint density at radius 2 is 1.85 bits per heavy atom. The molecule has 0 radical (unpaired) electrons. The number of unbranched alkanes of at least 4 members (excludes halogenated alkanes) is 3. The Labute approximate surface area is 153 Å². The molecule has 0 saturated carbocycles. The second-order valence-corrected chi connectivity index (χ2v) is 5.22. The van der Waals surface area contributed by atoms with Gasteiger partial charge in [-0.1, -0.05) is 54.2 Å². The molecule has 0 fully saturated rings. The molecule has 0 saturated heterocycles. The van der Waals surface area contributed by atoms with E-state index in [1.54, 1.807) is 12.1 Å². The molecule has 0 aromatic heterocycles. The standard InChI is InChI=1S/C7H5BrO.C6H13Cl.C2H7N.Mg.2H/c8-7-3-1-2-6(4-7)5-9;1-2-3-4-5-6-7;1-3-2;;;/h1-5H;2-6H2,1H3;3H,1-2H3;;;. The van der Waals surface area contributed by atoms with Gasteiger partial charge in [-0.3, -0.25) is 4.79 Å². The monoisotopic (exact) mass is 375 g/mol. The number of carbonyl (C=O) groups excluding carboxylic acids is 1. The Kier molecular flexibility index (Phi) is 27.5. The summed E-state index contributed by atoms with van der Waals surface area (Å²) in [5.41, 5.74) is 0.698. The first-order valence-electron chi connectivity index (χ1n) is 6.51. The lowest BCUT2D eigenvalue weighted by Gasteiger charge is -1.89. The lowest BCUT2D eigenvalue weighted by molar-refractivity contribution is 0.112. The van der Waals surface area contributed by atoms with E-state index in [1.807, 2.05) is 26.2 Å². The van der Waals surface area contributed by atoms with Crippen LogP contribution in [0, 0.1) is 0 Å². The number of nitrogens with one attached hydrogen (secondary N) is 1. The third kappa shape index (κ3) is 20.7. The maximum atomic E-state index is 10.1. The van der Waals surface area contributed by atoms with E-state index in [9.17, 15) is 4.79 Å². The zero-order valence-electron chi connectivity index (χ0n) is 12.1. The van der Waals surface area contributed by atoms with E-state index in [0.29, 0.717) is 5.56 Å². The van der Waals surface area contributed by atoms with Crippen LogP contribution in [0.1, 0.15) is 43.0 Å². The maximum Gasteiger partial charge on any atom is 0.316 e. The third-order valence-corrected chi connectivity index (χ3v) is 2.73. The van der Waals surface area contributed by atoms with E-state index in [4.69, 9.17) is 11.6 Å². The molecule has 20 heavy (non-hydrogen) atoms. The predicted octanol–water partition coefficient (Wildman–Crippen LogP) is 3.99. The average molecular weight is 377 g/mol. The smallest absolute Gasteiger partial charge is 0.316 e. The van der Waals surface area contributed by atoms with Crippen molar-refractivity contribution in [2.45, 2.75) is 32.6 Å². The molecule has 0 bridgehead atoms. The summed E-state index contributed by atoms with van der Waals surface area (Å²) in [6.45, 7) is 2.20. The molecule has 0 aliphatic carbocycles.